The number of nitrogens with one attached hydrogen (secondary N) is 1. The third-order valence-corrected chi connectivity index (χ3v) is 4.48. The number of para-hydroxylation sites is 1. The summed E-state index contributed by atoms with van der Waals surface area (Å²) in [7, 11) is 0. The van der Waals surface area contributed by atoms with E-state index in [0.717, 1.165) is 39.7 Å². The lowest BCUT2D eigenvalue weighted by Gasteiger charge is -2.11. The Morgan fingerprint density at radius 3 is 2.27 bits per heavy atom. The molecule has 1 N–H and O–H groups in total. The van der Waals surface area contributed by atoms with E-state index >= 15 is 0 Å². The van der Waals surface area contributed by atoms with Crippen molar-refractivity contribution >= 4 is 28.3 Å². The molecule has 3 aromatic carbocycles. The largest absolute Gasteiger partial charge is 0.365 e. The van der Waals surface area contributed by atoms with Crippen molar-refractivity contribution in [2.24, 2.45) is 0 Å². The van der Waals surface area contributed by atoms with Crippen LogP contribution in [0.1, 0.15) is 17.0 Å². The van der Waals surface area contributed by atoms with Crippen LogP contribution >= 0.6 is 11.6 Å². The molecule has 0 unspecified atom stereocenters. The predicted octanol–water partition coefficient (Wildman–Crippen LogP) is 5.49. The number of aromatic nitrogens is 2. The van der Waals surface area contributed by atoms with Crippen LogP contribution in [0, 0.1) is 0 Å². The average Bonchev–Trinajstić information content (AvgIpc) is 2.69. The summed E-state index contributed by atoms with van der Waals surface area (Å²) < 4.78 is 0. The topological polar surface area (TPSA) is 37.8 Å². The lowest BCUT2D eigenvalue weighted by Crippen LogP contribution is -2.06. The zero-order valence-electron chi connectivity index (χ0n) is 14.2. The van der Waals surface area contributed by atoms with Crippen LogP contribution in [0.4, 0.5) is 5.82 Å². The van der Waals surface area contributed by atoms with E-state index in [9.17, 15) is 0 Å². The van der Waals surface area contributed by atoms with Gasteiger partial charge in [0.1, 0.15) is 11.6 Å². The van der Waals surface area contributed by atoms with Crippen LogP contribution in [0.25, 0.3) is 10.9 Å². The molecule has 4 heteroatoms. The van der Waals surface area contributed by atoms with Crippen LogP contribution in [-0.4, -0.2) is 9.97 Å². The number of nitrogens with zero attached hydrogens (tertiary/aromatic N) is 2. The van der Waals surface area contributed by atoms with Gasteiger partial charge in [-0.2, -0.15) is 0 Å². The Kier molecular flexibility index (Phi) is 4.80. The van der Waals surface area contributed by atoms with E-state index < -0.39 is 0 Å². The fourth-order valence-electron chi connectivity index (χ4n) is 2.90. The molecule has 0 aliphatic carbocycles. The molecule has 0 atom stereocenters. The third-order valence-electron chi connectivity index (χ3n) is 4.23. The highest BCUT2D eigenvalue weighted by Gasteiger charge is 2.08. The Bertz CT molecular complexity index is 1010. The summed E-state index contributed by atoms with van der Waals surface area (Å²) in [5.41, 5.74) is 3.30. The molecule has 1 heterocycles. The van der Waals surface area contributed by atoms with E-state index in [-0.39, 0.29) is 0 Å². The normalized spacial score (nSPS) is 10.8. The number of anilines is 1. The molecule has 0 fully saturated rings. The first-order chi connectivity index (χ1) is 12.8. The van der Waals surface area contributed by atoms with Gasteiger partial charge >= 0.3 is 0 Å². The monoisotopic (exact) mass is 359 g/mol. The van der Waals surface area contributed by atoms with Gasteiger partial charge in [-0.15, -0.1) is 0 Å². The number of hydrogen-bond acceptors (Lipinski definition) is 3. The van der Waals surface area contributed by atoms with E-state index in [2.05, 4.69) is 23.5 Å². The van der Waals surface area contributed by atoms with Gasteiger partial charge in [0.25, 0.3) is 0 Å². The van der Waals surface area contributed by atoms with Crippen molar-refractivity contribution in [1.29, 1.82) is 0 Å². The Labute approximate surface area is 157 Å². The van der Waals surface area contributed by atoms with Crippen LogP contribution in [0.2, 0.25) is 5.02 Å². The van der Waals surface area contributed by atoms with E-state index in [1.54, 1.807) is 0 Å². The van der Waals surface area contributed by atoms with Gasteiger partial charge in [0.2, 0.25) is 0 Å². The predicted molar refractivity (Wildman–Crippen MR) is 108 cm³/mol. The fourth-order valence-corrected chi connectivity index (χ4v) is 3.03. The summed E-state index contributed by atoms with van der Waals surface area (Å²) >= 11 is 5.98. The molecule has 128 valence electrons. The lowest BCUT2D eigenvalue weighted by molar-refractivity contribution is 0.981. The molecule has 0 radical (unpaired) electrons. The molecule has 1 aromatic heterocycles. The van der Waals surface area contributed by atoms with Gasteiger partial charge in [0.05, 0.1) is 5.52 Å². The Morgan fingerprint density at radius 1 is 0.731 bits per heavy atom. The van der Waals surface area contributed by atoms with Gasteiger partial charge in [-0.1, -0.05) is 66.2 Å². The molecule has 4 rings (SSSR count). The zero-order valence-corrected chi connectivity index (χ0v) is 14.9. The van der Waals surface area contributed by atoms with E-state index in [1.807, 2.05) is 60.7 Å². The van der Waals surface area contributed by atoms with Crippen LogP contribution < -0.4 is 5.32 Å². The maximum absolute atomic E-state index is 5.98. The summed E-state index contributed by atoms with van der Waals surface area (Å²) in [6, 6.07) is 26.2. The highest BCUT2D eigenvalue weighted by molar-refractivity contribution is 6.30. The molecule has 0 amide bonds. The second kappa shape index (κ2) is 7.54. The van der Waals surface area contributed by atoms with Crippen LogP contribution in [0.3, 0.4) is 0 Å². The fraction of sp³-hybridized carbons (Fsp3) is 0.0909. The molecule has 0 spiro atoms. The highest BCUT2D eigenvalue weighted by Crippen LogP contribution is 2.22. The first-order valence-corrected chi connectivity index (χ1v) is 8.93. The first-order valence-electron chi connectivity index (χ1n) is 8.56. The minimum atomic E-state index is 0.669. The summed E-state index contributed by atoms with van der Waals surface area (Å²) in [6.07, 6.45) is 0.669. The number of rotatable bonds is 5. The van der Waals surface area contributed by atoms with Crippen molar-refractivity contribution in [1.82, 2.24) is 9.97 Å². The van der Waals surface area contributed by atoms with Crippen LogP contribution in [-0.2, 0) is 13.0 Å². The SMILES string of the molecule is Clc1ccc(Cc2nc(NCc3ccccc3)c3ccccc3n2)cc1. The standard InChI is InChI=1S/C22H18ClN3/c23-18-12-10-16(11-13-18)14-21-25-20-9-5-4-8-19(20)22(26-21)24-15-17-6-2-1-3-7-17/h1-13H,14-15H2,(H,24,25,26). The van der Waals surface area contributed by atoms with E-state index in [0.29, 0.717) is 6.42 Å². The molecule has 0 saturated heterocycles. The van der Waals surface area contributed by atoms with Gasteiger partial charge in [-0.05, 0) is 35.4 Å². The number of halogens is 1. The van der Waals surface area contributed by atoms with Crippen molar-refractivity contribution in [2.45, 2.75) is 13.0 Å². The highest BCUT2D eigenvalue weighted by atomic mass is 35.5. The maximum Gasteiger partial charge on any atom is 0.137 e. The van der Waals surface area contributed by atoms with E-state index in [4.69, 9.17) is 21.6 Å². The number of hydrogen-bond donors (Lipinski definition) is 1. The van der Waals surface area contributed by atoms with Crippen LogP contribution in [0.15, 0.2) is 78.9 Å². The van der Waals surface area contributed by atoms with Crippen molar-refractivity contribution < 1.29 is 0 Å². The third kappa shape index (κ3) is 3.84. The molecular formula is C22H18ClN3. The lowest BCUT2D eigenvalue weighted by atomic mass is 10.1. The minimum Gasteiger partial charge on any atom is -0.365 e. The molecular weight excluding hydrogens is 342 g/mol. The van der Waals surface area contributed by atoms with Gasteiger partial charge < -0.3 is 5.32 Å². The van der Waals surface area contributed by atoms with Gasteiger partial charge in [-0.25, -0.2) is 9.97 Å². The van der Waals surface area contributed by atoms with Gasteiger partial charge in [0.15, 0.2) is 0 Å². The second-order valence-electron chi connectivity index (χ2n) is 6.15. The number of fused-ring (bicyclic) bond motifs is 1. The summed E-state index contributed by atoms with van der Waals surface area (Å²) in [4.78, 5) is 9.50. The molecule has 0 aliphatic heterocycles. The Hall–Kier alpha value is -2.91. The summed E-state index contributed by atoms with van der Waals surface area (Å²) in [5.74, 6) is 1.66. The van der Waals surface area contributed by atoms with Crippen molar-refractivity contribution in [3.8, 4) is 0 Å². The summed E-state index contributed by atoms with van der Waals surface area (Å²) in [6.45, 7) is 0.724. The van der Waals surface area contributed by atoms with Crippen LogP contribution in [0.5, 0.6) is 0 Å². The molecule has 0 bridgehead atoms. The van der Waals surface area contributed by atoms with Gasteiger partial charge in [-0.3, -0.25) is 0 Å². The maximum atomic E-state index is 5.98. The van der Waals surface area contributed by atoms with Gasteiger partial charge in [0, 0.05) is 23.4 Å². The molecule has 4 aromatic rings. The Morgan fingerprint density at radius 2 is 1.46 bits per heavy atom. The van der Waals surface area contributed by atoms with E-state index in [1.165, 1.54) is 5.56 Å². The summed E-state index contributed by atoms with van der Waals surface area (Å²) in [5, 5.41) is 5.23. The second-order valence-corrected chi connectivity index (χ2v) is 6.58. The molecule has 3 nitrogen and oxygen atoms in total. The minimum absolute atomic E-state index is 0.669. The Balaban J connectivity index is 1.65. The zero-order chi connectivity index (χ0) is 17.8. The smallest absolute Gasteiger partial charge is 0.137 e. The van der Waals surface area contributed by atoms with Crippen molar-refractivity contribution in [3.05, 3.63) is 101 Å². The quantitative estimate of drug-likeness (QED) is 0.512. The molecule has 0 saturated carbocycles. The average molecular weight is 360 g/mol. The van der Waals surface area contributed by atoms with Crippen molar-refractivity contribution in [2.75, 3.05) is 5.32 Å². The van der Waals surface area contributed by atoms with Crippen molar-refractivity contribution in [3.63, 3.8) is 0 Å². The molecule has 26 heavy (non-hydrogen) atoms. The first kappa shape index (κ1) is 16.6. The molecule has 0 aliphatic rings. The number of benzene rings is 3.